The number of piperidine rings is 1. The summed E-state index contributed by atoms with van der Waals surface area (Å²) in [6, 6.07) is 2.12. The van der Waals surface area contributed by atoms with Crippen LogP contribution in [0.4, 0.5) is 11.4 Å². The molecule has 0 aliphatic carbocycles. The number of nitrogens with one attached hydrogen (secondary N) is 2. The average Bonchev–Trinajstić information content (AvgIpc) is 2.73. The van der Waals surface area contributed by atoms with Crippen molar-refractivity contribution in [2.75, 3.05) is 18.1 Å². The summed E-state index contributed by atoms with van der Waals surface area (Å²) in [5.41, 5.74) is 6.91. The number of nitrogens with zero attached hydrogens (tertiary/aromatic N) is 1. The first-order chi connectivity index (χ1) is 10.5. The van der Waals surface area contributed by atoms with Gasteiger partial charge >= 0.3 is 0 Å². The van der Waals surface area contributed by atoms with Crippen molar-refractivity contribution in [2.24, 2.45) is 0 Å². The normalized spacial score (nSPS) is 21.0. The van der Waals surface area contributed by atoms with Crippen LogP contribution >= 0.6 is 0 Å². The molecule has 0 radical (unpaired) electrons. The van der Waals surface area contributed by atoms with E-state index in [-0.39, 0.29) is 29.7 Å². The molecule has 2 aliphatic rings. The molecule has 114 valence electrons. The van der Waals surface area contributed by atoms with Crippen molar-refractivity contribution >= 4 is 35.0 Å². The fourth-order valence-electron chi connectivity index (χ4n) is 2.80. The Hall–Kier alpha value is -2.90. The number of fused-ring (bicyclic) bond motifs is 1. The van der Waals surface area contributed by atoms with Crippen molar-refractivity contribution in [1.82, 2.24) is 10.2 Å². The molecular formula is C14H14N4O4. The van der Waals surface area contributed by atoms with Crippen LogP contribution in [0.2, 0.25) is 0 Å². The van der Waals surface area contributed by atoms with Crippen LogP contribution < -0.4 is 16.4 Å². The largest absolute Gasteiger partial charge is 0.396 e. The van der Waals surface area contributed by atoms with Crippen LogP contribution in [0.3, 0.4) is 0 Å². The topological polar surface area (TPSA) is 122 Å². The fourth-order valence-corrected chi connectivity index (χ4v) is 2.80. The molecule has 1 saturated heterocycles. The summed E-state index contributed by atoms with van der Waals surface area (Å²) in [5, 5.41) is 4.98. The number of hydrogen-bond acceptors (Lipinski definition) is 6. The third-order valence-electron chi connectivity index (χ3n) is 3.92. The van der Waals surface area contributed by atoms with Crippen LogP contribution in [0.5, 0.6) is 0 Å². The monoisotopic (exact) mass is 302 g/mol. The third kappa shape index (κ3) is 1.84. The Kier molecular flexibility index (Phi) is 3.09. The zero-order valence-electron chi connectivity index (χ0n) is 11.8. The van der Waals surface area contributed by atoms with E-state index in [1.165, 1.54) is 6.07 Å². The van der Waals surface area contributed by atoms with Crippen LogP contribution in [-0.2, 0) is 9.59 Å². The van der Waals surface area contributed by atoms with Gasteiger partial charge in [0.1, 0.15) is 6.04 Å². The van der Waals surface area contributed by atoms with Crippen LogP contribution in [0.1, 0.15) is 33.6 Å². The van der Waals surface area contributed by atoms with Gasteiger partial charge in [0.05, 0.1) is 22.5 Å². The quantitative estimate of drug-likeness (QED) is 0.510. The first-order valence-electron chi connectivity index (χ1n) is 6.77. The van der Waals surface area contributed by atoms with Gasteiger partial charge in [-0.2, -0.15) is 0 Å². The second-order valence-electron chi connectivity index (χ2n) is 5.15. The Balaban J connectivity index is 2.02. The van der Waals surface area contributed by atoms with Gasteiger partial charge in [0, 0.05) is 13.5 Å². The summed E-state index contributed by atoms with van der Waals surface area (Å²) in [4.78, 5) is 49.0. The predicted octanol–water partition coefficient (Wildman–Crippen LogP) is -0.288. The number of imide groups is 2. The lowest BCUT2D eigenvalue weighted by atomic mass is 10.0. The van der Waals surface area contributed by atoms with E-state index in [1.807, 2.05) is 0 Å². The van der Waals surface area contributed by atoms with Crippen molar-refractivity contribution in [3.05, 3.63) is 23.3 Å². The smallest absolute Gasteiger partial charge is 0.264 e. The van der Waals surface area contributed by atoms with Crippen LogP contribution in [0.25, 0.3) is 0 Å². The van der Waals surface area contributed by atoms with E-state index in [0.717, 1.165) is 4.90 Å². The molecule has 2 aliphatic heterocycles. The van der Waals surface area contributed by atoms with Gasteiger partial charge in [-0.05, 0) is 18.6 Å². The van der Waals surface area contributed by atoms with Gasteiger partial charge in [0.2, 0.25) is 11.8 Å². The molecule has 8 nitrogen and oxygen atoms in total. The van der Waals surface area contributed by atoms with Crippen molar-refractivity contribution in [3.8, 4) is 0 Å². The molecule has 8 heteroatoms. The second-order valence-corrected chi connectivity index (χ2v) is 5.15. The minimum absolute atomic E-state index is 0.0844. The number of amides is 4. The second kappa shape index (κ2) is 4.83. The molecule has 4 N–H and O–H groups in total. The number of hydrogen-bond donors (Lipinski definition) is 3. The maximum atomic E-state index is 12.6. The molecular weight excluding hydrogens is 288 g/mol. The lowest BCUT2D eigenvalue weighted by Gasteiger charge is -2.27. The highest BCUT2D eigenvalue weighted by atomic mass is 16.2. The Labute approximate surface area is 125 Å². The van der Waals surface area contributed by atoms with Crippen molar-refractivity contribution < 1.29 is 19.2 Å². The van der Waals surface area contributed by atoms with Crippen LogP contribution in [0.15, 0.2) is 12.1 Å². The van der Waals surface area contributed by atoms with Crippen LogP contribution in [-0.4, -0.2) is 41.6 Å². The van der Waals surface area contributed by atoms with Gasteiger partial charge in [-0.15, -0.1) is 0 Å². The highest BCUT2D eigenvalue weighted by Gasteiger charge is 2.45. The van der Waals surface area contributed by atoms with E-state index in [9.17, 15) is 19.2 Å². The Bertz CT molecular complexity index is 728. The molecule has 1 fully saturated rings. The maximum absolute atomic E-state index is 12.6. The molecule has 2 heterocycles. The van der Waals surface area contributed by atoms with Gasteiger partial charge in [-0.25, -0.2) is 0 Å². The van der Waals surface area contributed by atoms with Crippen LogP contribution in [0, 0.1) is 0 Å². The van der Waals surface area contributed by atoms with Gasteiger partial charge in [-0.1, -0.05) is 0 Å². The molecule has 1 atom stereocenters. The Morgan fingerprint density at radius 1 is 1.23 bits per heavy atom. The average molecular weight is 302 g/mol. The van der Waals surface area contributed by atoms with Gasteiger partial charge in [0.25, 0.3) is 11.8 Å². The molecule has 0 aromatic heterocycles. The highest BCUT2D eigenvalue weighted by Crippen LogP contribution is 2.34. The number of carbonyl (C=O) groups is 4. The predicted molar refractivity (Wildman–Crippen MR) is 77.1 cm³/mol. The van der Waals surface area contributed by atoms with E-state index >= 15 is 0 Å². The van der Waals surface area contributed by atoms with Gasteiger partial charge < -0.3 is 11.1 Å². The Morgan fingerprint density at radius 2 is 1.95 bits per heavy atom. The summed E-state index contributed by atoms with van der Waals surface area (Å²) in [5.74, 6) is -2.22. The van der Waals surface area contributed by atoms with E-state index in [2.05, 4.69) is 10.6 Å². The third-order valence-corrected chi connectivity index (χ3v) is 3.92. The van der Waals surface area contributed by atoms with Crippen molar-refractivity contribution in [2.45, 2.75) is 18.9 Å². The molecule has 1 aromatic rings. The zero-order valence-corrected chi connectivity index (χ0v) is 11.8. The van der Waals surface area contributed by atoms with E-state index in [0.29, 0.717) is 5.69 Å². The summed E-state index contributed by atoms with van der Waals surface area (Å²) in [7, 11) is 1.65. The summed E-state index contributed by atoms with van der Waals surface area (Å²) in [6.07, 6.45) is 0.204. The standard InChI is InChI=1S/C14H14N4O4/c1-16-7-3-2-6-10(11(7)15)14(22)18(13(6)21)8-4-5-9(19)17-12(8)20/h2-3,8,16H,4-5,15H2,1H3,(H,17,19,20). The summed E-state index contributed by atoms with van der Waals surface area (Å²) in [6.45, 7) is 0. The number of rotatable bonds is 2. The van der Waals surface area contributed by atoms with E-state index < -0.39 is 29.7 Å². The van der Waals surface area contributed by atoms with Crippen molar-refractivity contribution in [3.63, 3.8) is 0 Å². The molecule has 1 unspecified atom stereocenters. The molecule has 22 heavy (non-hydrogen) atoms. The molecule has 0 saturated carbocycles. The molecule has 3 rings (SSSR count). The number of anilines is 2. The van der Waals surface area contributed by atoms with Crippen molar-refractivity contribution in [1.29, 1.82) is 0 Å². The summed E-state index contributed by atoms with van der Waals surface area (Å²) >= 11 is 0. The minimum atomic E-state index is -0.984. The molecule has 1 aromatic carbocycles. The number of carbonyl (C=O) groups excluding carboxylic acids is 4. The maximum Gasteiger partial charge on any atom is 0.264 e. The lowest BCUT2D eigenvalue weighted by molar-refractivity contribution is -0.136. The highest BCUT2D eigenvalue weighted by molar-refractivity contribution is 6.26. The molecule has 4 amide bonds. The first kappa shape index (κ1) is 14.1. The lowest BCUT2D eigenvalue weighted by Crippen LogP contribution is -2.54. The fraction of sp³-hybridized carbons (Fsp3) is 0.286. The first-order valence-corrected chi connectivity index (χ1v) is 6.77. The number of nitrogens with two attached hydrogens (primary N) is 1. The van der Waals surface area contributed by atoms with Gasteiger partial charge in [-0.3, -0.25) is 29.4 Å². The molecule has 0 bridgehead atoms. The van der Waals surface area contributed by atoms with Gasteiger partial charge in [0.15, 0.2) is 0 Å². The Morgan fingerprint density at radius 3 is 2.59 bits per heavy atom. The minimum Gasteiger partial charge on any atom is -0.396 e. The molecule has 0 spiro atoms. The zero-order chi connectivity index (χ0) is 16.0. The summed E-state index contributed by atoms with van der Waals surface area (Å²) < 4.78 is 0. The van der Waals surface area contributed by atoms with E-state index in [1.54, 1.807) is 13.1 Å². The number of benzene rings is 1. The van der Waals surface area contributed by atoms with E-state index in [4.69, 9.17) is 5.73 Å². The SMILES string of the molecule is CNc1ccc2c(c1N)C(=O)N(C1CCC(=O)NC1=O)C2=O. The number of nitrogen functional groups attached to an aromatic ring is 1.